The molecule has 19 heavy (non-hydrogen) atoms. The normalized spacial score (nSPS) is 16.4. The van der Waals surface area contributed by atoms with Crippen molar-refractivity contribution in [1.29, 1.82) is 0 Å². The van der Waals surface area contributed by atoms with E-state index in [1.807, 2.05) is 0 Å². The van der Waals surface area contributed by atoms with E-state index in [9.17, 15) is 9.59 Å². The number of pyridine rings is 1. The van der Waals surface area contributed by atoms with Gasteiger partial charge in [0.1, 0.15) is 0 Å². The number of hydrogen-bond donors (Lipinski definition) is 2. The number of aromatic nitrogens is 1. The SMILES string of the molecule is O=C(Nc1cccnc1)C(=O)NC1CCCCCC1. The molecule has 1 aromatic rings. The van der Waals surface area contributed by atoms with Crippen molar-refractivity contribution in [2.45, 2.75) is 44.6 Å². The van der Waals surface area contributed by atoms with Crippen LogP contribution in [0.4, 0.5) is 5.69 Å². The van der Waals surface area contributed by atoms with Crippen molar-refractivity contribution >= 4 is 17.5 Å². The van der Waals surface area contributed by atoms with Gasteiger partial charge in [0, 0.05) is 12.2 Å². The van der Waals surface area contributed by atoms with E-state index in [2.05, 4.69) is 15.6 Å². The van der Waals surface area contributed by atoms with Gasteiger partial charge in [-0.2, -0.15) is 0 Å². The Labute approximate surface area is 112 Å². The zero-order valence-corrected chi connectivity index (χ0v) is 10.9. The lowest BCUT2D eigenvalue weighted by Crippen LogP contribution is -2.41. The van der Waals surface area contributed by atoms with E-state index in [0.29, 0.717) is 5.69 Å². The number of anilines is 1. The number of hydrogen-bond acceptors (Lipinski definition) is 3. The van der Waals surface area contributed by atoms with Crippen LogP contribution < -0.4 is 10.6 Å². The molecule has 0 atom stereocenters. The minimum absolute atomic E-state index is 0.134. The van der Waals surface area contributed by atoms with E-state index in [-0.39, 0.29) is 6.04 Å². The smallest absolute Gasteiger partial charge is 0.313 e. The van der Waals surface area contributed by atoms with Gasteiger partial charge >= 0.3 is 11.8 Å². The highest BCUT2D eigenvalue weighted by Crippen LogP contribution is 2.17. The second-order valence-corrected chi connectivity index (χ2v) is 4.86. The summed E-state index contributed by atoms with van der Waals surface area (Å²) in [5.41, 5.74) is 0.531. The second kappa shape index (κ2) is 6.87. The summed E-state index contributed by atoms with van der Waals surface area (Å²) in [5, 5.41) is 5.34. The number of nitrogens with zero attached hydrogens (tertiary/aromatic N) is 1. The molecule has 5 heteroatoms. The molecular formula is C14H19N3O2. The molecule has 2 rings (SSSR count). The summed E-state index contributed by atoms with van der Waals surface area (Å²) >= 11 is 0. The molecule has 1 heterocycles. The number of amides is 2. The molecule has 1 aliphatic carbocycles. The number of nitrogens with one attached hydrogen (secondary N) is 2. The van der Waals surface area contributed by atoms with E-state index in [1.54, 1.807) is 18.3 Å². The van der Waals surface area contributed by atoms with Crippen molar-refractivity contribution in [3.63, 3.8) is 0 Å². The summed E-state index contributed by atoms with van der Waals surface area (Å²) in [6.07, 6.45) is 9.72. The minimum atomic E-state index is -0.628. The topological polar surface area (TPSA) is 71.1 Å². The molecule has 1 aliphatic rings. The Morgan fingerprint density at radius 2 is 1.84 bits per heavy atom. The highest BCUT2D eigenvalue weighted by molar-refractivity contribution is 6.39. The first-order valence-corrected chi connectivity index (χ1v) is 6.77. The molecule has 1 saturated carbocycles. The average Bonchev–Trinajstić information content (AvgIpc) is 2.68. The molecule has 0 radical (unpaired) electrons. The maximum Gasteiger partial charge on any atom is 0.313 e. The van der Waals surface area contributed by atoms with Gasteiger partial charge < -0.3 is 10.6 Å². The minimum Gasteiger partial charge on any atom is -0.345 e. The Morgan fingerprint density at radius 3 is 2.47 bits per heavy atom. The van der Waals surface area contributed by atoms with Crippen LogP contribution in [0.2, 0.25) is 0 Å². The van der Waals surface area contributed by atoms with Crippen LogP contribution in [-0.4, -0.2) is 22.8 Å². The standard InChI is InChI=1S/C14H19N3O2/c18-13(16-11-6-3-1-2-4-7-11)14(19)17-12-8-5-9-15-10-12/h5,8-11H,1-4,6-7H2,(H,16,18)(H,17,19). The van der Waals surface area contributed by atoms with Crippen LogP contribution in [0.15, 0.2) is 24.5 Å². The van der Waals surface area contributed by atoms with Gasteiger partial charge in [-0.3, -0.25) is 14.6 Å². The molecule has 0 aromatic carbocycles. The summed E-state index contributed by atoms with van der Waals surface area (Å²) in [7, 11) is 0. The molecule has 102 valence electrons. The van der Waals surface area contributed by atoms with Crippen LogP contribution in [0.25, 0.3) is 0 Å². The van der Waals surface area contributed by atoms with Crippen molar-refractivity contribution in [3.05, 3.63) is 24.5 Å². The highest BCUT2D eigenvalue weighted by Gasteiger charge is 2.19. The van der Waals surface area contributed by atoms with Crippen molar-refractivity contribution in [2.75, 3.05) is 5.32 Å². The van der Waals surface area contributed by atoms with Gasteiger partial charge in [0.2, 0.25) is 0 Å². The molecular weight excluding hydrogens is 242 g/mol. The summed E-state index contributed by atoms with van der Waals surface area (Å²) in [6.45, 7) is 0. The monoisotopic (exact) mass is 261 g/mol. The fraction of sp³-hybridized carbons (Fsp3) is 0.500. The van der Waals surface area contributed by atoms with Gasteiger partial charge in [0.15, 0.2) is 0 Å². The Hall–Kier alpha value is -1.91. The Kier molecular flexibility index (Phi) is 4.89. The Morgan fingerprint density at radius 1 is 1.11 bits per heavy atom. The lowest BCUT2D eigenvalue weighted by molar-refractivity contribution is -0.136. The predicted octanol–water partition coefficient (Wildman–Crippen LogP) is 1.86. The van der Waals surface area contributed by atoms with Crippen molar-refractivity contribution in [1.82, 2.24) is 10.3 Å². The van der Waals surface area contributed by atoms with E-state index in [4.69, 9.17) is 0 Å². The van der Waals surface area contributed by atoms with Gasteiger partial charge in [-0.25, -0.2) is 0 Å². The third-order valence-electron chi connectivity index (χ3n) is 3.32. The predicted molar refractivity (Wildman–Crippen MR) is 72.5 cm³/mol. The highest BCUT2D eigenvalue weighted by atomic mass is 16.2. The number of carbonyl (C=O) groups is 2. The summed E-state index contributed by atoms with van der Waals surface area (Å²) in [4.78, 5) is 27.4. The number of rotatable bonds is 2. The van der Waals surface area contributed by atoms with Crippen molar-refractivity contribution in [3.8, 4) is 0 Å². The second-order valence-electron chi connectivity index (χ2n) is 4.86. The average molecular weight is 261 g/mol. The zero-order chi connectivity index (χ0) is 13.5. The third kappa shape index (κ3) is 4.35. The first-order valence-electron chi connectivity index (χ1n) is 6.77. The summed E-state index contributed by atoms with van der Waals surface area (Å²) < 4.78 is 0. The number of carbonyl (C=O) groups excluding carboxylic acids is 2. The Balaban J connectivity index is 1.83. The molecule has 1 fully saturated rings. The van der Waals surface area contributed by atoms with Gasteiger partial charge in [-0.05, 0) is 25.0 Å². The third-order valence-corrected chi connectivity index (χ3v) is 3.32. The van der Waals surface area contributed by atoms with Gasteiger partial charge in [-0.1, -0.05) is 25.7 Å². The van der Waals surface area contributed by atoms with Crippen LogP contribution in [0, 0.1) is 0 Å². The van der Waals surface area contributed by atoms with Gasteiger partial charge in [-0.15, -0.1) is 0 Å². The molecule has 0 spiro atoms. The lowest BCUT2D eigenvalue weighted by Gasteiger charge is -2.15. The molecule has 2 N–H and O–H groups in total. The molecule has 2 amide bonds. The molecule has 1 aromatic heterocycles. The van der Waals surface area contributed by atoms with E-state index in [0.717, 1.165) is 25.7 Å². The fourth-order valence-electron chi connectivity index (χ4n) is 2.30. The first kappa shape index (κ1) is 13.5. The zero-order valence-electron chi connectivity index (χ0n) is 10.9. The van der Waals surface area contributed by atoms with Crippen LogP contribution >= 0.6 is 0 Å². The fourth-order valence-corrected chi connectivity index (χ4v) is 2.30. The van der Waals surface area contributed by atoms with Crippen LogP contribution in [0.1, 0.15) is 38.5 Å². The summed E-state index contributed by atoms with van der Waals surface area (Å²) in [6, 6.07) is 3.54. The van der Waals surface area contributed by atoms with Gasteiger partial charge in [0.25, 0.3) is 0 Å². The maximum absolute atomic E-state index is 11.8. The van der Waals surface area contributed by atoms with Crippen molar-refractivity contribution in [2.24, 2.45) is 0 Å². The van der Waals surface area contributed by atoms with E-state index in [1.165, 1.54) is 19.0 Å². The molecule has 5 nitrogen and oxygen atoms in total. The summed E-state index contributed by atoms with van der Waals surface area (Å²) in [5.74, 6) is -1.19. The largest absolute Gasteiger partial charge is 0.345 e. The quantitative estimate of drug-likeness (QED) is 0.630. The van der Waals surface area contributed by atoms with Crippen molar-refractivity contribution < 1.29 is 9.59 Å². The lowest BCUT2D eigenvalue weighted by atomic mass is 10.1. The molecule has 0 saturated heterocycles. The van der Waals surface area contributed by atoms with Crippen LogP contribution in [-0.2, 0) is 9.59 Å². The molecule has 0 aliphatic heterocycles. The van der Waals surface area contributed by atoms with Crippen LogP contribution in [0.5, 0.6) is 0 Å². The van der Waals surface area contributed by atoms with Crippen LogP contribution in [0.3, 0.4) is 0 Å². The molecule has 0 unspecified atom stereocenters. The molecule has 0 bridgehead atoms. The maximum atomic E-state index is 11.8. The Bertz CT molecular complexity index is 426. The van der Waals surface area contributed by atoms with Gasteiger partial charge in [0.05, 0.1) is 11.9 Å². The first-order chi connectivity index (χ1) is 9.25. The van der Waals surface area contributed by atoms with E-state index >= 15 is 0 Å². The van der Waals surface area contributed by atoms with E-state index < -0.39 is 11.8 Å².